The molecule has 4 heteroatoms. The van der Waals surface area contributed by atoms with E-state index in [0.29, 0.717) is 12.1 Å². The second-order valence-corrected chi connectivity index (χ2v) is 5.70. The molecule has 122 valence electrons. The largest absolute Gasteiger partial charge is 0.444 e. The lowest BCUT2D eigenvalue weighted by molar-refractivity contribution is -0.114. The third-order valence-electron chi connectivity index (χ3n) is 3.91. The van der Waals surface area contributed by atoms with E-state index in [9.17, 15) is 9.59 Å². The highest BCUT2D eigenvalue weighted by Gasteiger charge is 2.15. The van der Waals surface area contributed by atoms with Crippen molar-refractivity contribution in [3.8, 4) is 0 Å². The molecule has 0 radical (unpaired) electrons. The average molecular weight is 321 g/mol. The molecule has 2 aromatic carbocycles. The second-order valence-electron chi connectivity index (χ2n) is 5.70. The third kappa shape index (κ3) is 4.10. The quantitative estimate of drug-likeness (QED) is 0.897. The summed E-state index contributed by atoms with van der Waals surface area (Å²) in [7, 11) is 0. The first-order chi connectivity index (χ1) is 11.7. The van der Waals surface area contributed by atoms with Crippen molar-refractivity contribution in [2.24, 2.45) is 0 Å². The summed E-state index contributed by atoms with van der Waals surface area (Å²) in [5.41, 5.74) is 3.24. The normalized spacial score (nSPS) is 14.0. The number of ketones is 1. The second kappa shape index (κ2) is 7.59. The lowest BCUT2D eigenvalue weighted by Crippen LogP contribution is -2.13. The zero-order chi connectivity index (χ0) is 16.8. The van der Waals surface area contributed by atoms with Gasteiger partial charge in [0.05, 0.1) is 0 Å². The summed E-state index contributed by atoms with van der Waals surface area (Å²) in [6, 6.07) is 16.8. The molecular weight excluding hydrogens is 302 g/mol. The number of Topliss-reactive ketones (excluding diaryl/α,β-unsaturated/α-hetero) is 1. The van der Waals surface area contributed by atoms with Gasteiger partial charge in [-0.25, -0.2) is 4.79 Å². The molecule has 0 bridgehead atoms. The Hall–Kier alpha value is -2.88. The topological polar surface area (TPSA) is 55.4 Å². The number of benzene rings is 2. The molecule has 24 heavy (non-hydrogen) atoms. The molecule has 0 atom stereocenters. The highest BCUT2D eigenvalue weighted by atomic mass is 16.5. The molecule has 1 aliphatic carbocycles. The highest BCUT2D eigenvalue weighted by molar-refractivity contribution is 6.21. The van der Waals surface area contributed by atoms with Gasteiger partial charge in [-0.15, -0.1) is 0 Å². The van der Waals surface area contributed by atoms with Crippen LogP contribution >= 0.6 is 0 Å². The maximum atomic E-state index is 11.9. The molecule has 4 nitrogen and oxygen atoms in total. The predicted octanol–water partition coefficient (Wildman–Crippen LogP) is 4.57. The van der Waals surface area contributed by atoms with E-state index in [2.05, 4.69) is 5.32 Å². The molecule has 2 aromatic rings. The van der Waals surface area contributed by atoms with E-state index in [1.165, 1.54) is 0 Å². The van der Waals surface area contributed by atoms with Crippen molar-refractivity contribution in [1.82, 2.24) is 0 Å². The van der Waals surface area contributed by atoms with Crippen molar-refractivity contribution in [1.29, 1.82) is 0 Å². The Balaban J connectivity index is 1.57. The summed E-state index contributed by atoms with van der Waals surface area (Å²) in [4.78, 5) is 23.7. The maximum Gasteiger partial charge on any atom is 0.411 e. The van der Waals surface area contributed by atoms with Crippen LogP contribution in [0.25, 0.3) is 5.57 Å². The molecule has 1 N–H and O–H groups in total. The predicted molar refractivity (Wildman–Crippen MR) is 93.5 cm³/mol. The molecule has 1 amide bonds. The first-order valence-electron chi connectivity index (χ1n) is 8.04. The van der Waals surface area contributed by atoms with Gasteiger partial charge in [0, 0.05) is 17.7 Å². The molecule has 1 aliphatic rings. The molecule has 0 heterocycles. The van der Waals surface area contributed by atoms with E-state index in [-0.39, 0.29) is 12.4 Å². The monoisotopic (exact) mass is 321 g/mol. The van der Waals surface area contributed by atoms with Gasteiger partial charge < -0.3 is 4.74 Å². The van der Waals surface area contributed by atoms with Crippen LogP contribution in [0.3, 0.4) is 0 Å². The van der Waals surface area contributed by atoms with Gasteiger partial charge in [0.15, 0.2) is 5.78 Å². The third-order valence-corrected chi connectivity index (χ3v) is 3.91. The minimum Gasteiger partial charge on any atom is -0.444 e. The average Bonchev–Trinajstić information content (AvgIpc) is 2.62. The van der Waals surface area contributed by atoms with E-state index in [1.54, 1.807) is 12.1 Å². The number of carbonyl (C=O) groups excluding carboxylic acids is 2. The number of ether oxygens (including phenoxy) is 1. The fourth-order valence-corrected chi connectivity index (χ4v) is 2.65. The Morgan fingerprint density at radius 1 is 1.04 bits per heavy atom. The Labute approximate surface area is 141 Å². The maximum absolute atomic E-state index is 11.9. The van der Waals surface area contributed by atoms with Crippen LogP contribution in [0, 0.1) is 0 Å². The minimum absolute atomic E-state index is 0.184. The molecule has 0 spiro atoms. The highest BCUT2D eigenvalue weighted by Crippen LogP contribution is 2.25. The lowest BCUT2D eigenvalue weighted by Gasteiger charge is -2.12. The van der Waals surface area contributed by atoms with E-state index in [4.69, 9.17) is 4.74 Å². The van der Waals surface area contributed by atoms with E-state index < -0.39 is 6.09 Å². The summed E-state index contributed by atoms with van der Waals surface area (Å²) in [5, 5.41) is 2.69. The fraction of sp³-hybridized carbons (Fsp3) is 0.200. The molecule has 0 unspecified atom stereocenters. The summed E-state index contributed by atoms with van der Waals surface area (Å²) in [5.74, 6) is 0.184. The van der Waals surface area contributed by atoms with Crippen molar-refractivity contribution in [3.05, 3.63) is 71.8 Å². The van der Waals surface area contributed by atoms with Crippen molar-refractivity contribution in [3.63, 3.8) is 0 Å². The van der Waals surface area contributed by atoms with Crippen molar-refractivity contribution in [2.45, 2.75) is 25.9 Å². The summed E-state index contributed by atoms with van der Waals surface area (Å²) < 4.78 is 5.18. The van der Waals surface area contributed by atoms with Gasteiger partial charge in [-0.05, 0) is 36.1 Å². The molecule has 0 saturated carbocycles. The van der Waals surface area contributed by atoms with Gasteiger partial charge in [-0.2, -0.15) is 0 Å². The number of hydrogen-bond acceptors (Lipinski definition) is 3. The number of hydrogen-bond donors (Lipinski definition) is 1. The van der Waals surface area contributed by atoms with Crippen molar-refractivity contribution < 1.29 is 14.3 Å². The van der Waals surface area contributed by atoms with Gasteiger partial charge >= 0.3 is 6.09 Å². The zero-order valence-electron chi connectivity index (χ0n) is 13.3. The Morgan fingerprint density at radius 3 is 2.50 bits per heavy atom. The molecule has 0 aliphatic heterocycles. The van der Waals surface area contributed by atoms with Gasteiger partial charge in [0.1, 0.15) is 6.61 Å². The number of anilines is 1. The minimum atomic E-state index is -0.500. The summed E-state index contributed by atoms with van der Waals surface area (Å²) in [6.07, 6.45) is 3.96. The molecule has 0 aromatic heterocycles. The summed E-state index contributed by atoms with van der Waals surface area (Å²) in [6.45, 7) is 0.228. The van der Waals surface area contributed by atoms with Crippen LogP contribution < -0.4 is 5.32 Å². The fourth-order valence-electron chi connectivity index (χ4n) is 2.65. The van der Waals surface area contributed by atoms with Crippen LogP contribution in [0.1, 0.15) is 30.4 Å². The van der Waals surface area contributed by atoms with Crippen LogP contribution in [0.5, 0.6) is 0 Å². The number of nitrogens with one attached hydrogen (secondary N) is 1. The molecular formula is C20H19NO3. The zero-order valence-corrected chi connectivity index (χ0v) is 13.3. The van der Waals surface area contributed by atoms with Crippen molar-refractivity contribution in [2.75, 3.05) is 5.32 Å². The first-order valence-corrected chi connectivity index (χ1v) is 8.04. The number of carbonyl (C=O) groups is 2. The van der Waals surface area contributed by atoms with Crippen LogP contribution in [0.15, 0.2) is 60.7 Å². The number of rotatable bonds is 4. The standard InChI is InChI=1S/C20H19NO3/c22-19-9-5-4-8-18(19)16-10-12-17(13-11-16)21-20(23)24-14-15-6-2-1-3-7-15/h1-3,6-8,10-13H,4-5,9,14H2,(H,21,23). The van der Waals surface area contributed by atoms with Gasteiger partial charge in [0.25, 0.3) is 0 Å². The Bertz CT molecular complexity index is 748. The van der Waals surface area contributed by atoms with Crippen LogP contribution in [0.2, 0.25) is 0 Å². The van der Waals surface area contributed by atoms with Gasteiger partial charge in [0.2, 0.25) is 0 Å². The van der Waals surface area contributed by atoms with Crippen LogP contribution in [-0.2, 0) is 16.1 Å². The Morgan fingerprint density at radius 2 is 1.79 bits per heavy atom. The van der Waals surface area contributed by atoms with Crippen LogP contribution in [-0.4, -0.2) is 11.9 Å². The molecule has 3 rings (SSSR count). The number of allylic oxidation sites excluding steroid dienone is 2. The van der Waals surface area contributed by atoms with E-state index in [1.807, 2.05) is 48.5 Å². The lowest BCUT2D eigenvalue weighted by atomic mass is 9.92. The van der Waals surface area contributed by atoms with Crippen LogP contribution in [0.4, 0.5) is 10.5 Å². The summed E-state index contributed by atoms with van der Waals surface area (Å²) >= 11 is 0. The van der Waals surface area contributed by atoms with E-state index >= 15 is 0 Å². The smallest absolute Gasteiger partial charge is 0.411 e. The molecule has 0 fully saturated rings. The SMILES string of the molecule is O=C(Nc1ccc(C2=CCCCC2=O)cc1)OCc1ccccc1. The van der Waals surface area contributed by atoms with Gasteiger partial charge in [-0.3, -0.25) is 10.1 Å². The molecule has 0 saturated heterocycles. The van der Waals surface area contributed by atoms with Gasteiger partial charge in [-0.1, -0.05) is 48.5 Å². The van der Waals surface area contributed by atoms with Crippen molar-refractivity contribution >= 4 is 23.1 Å². The van der Waals surface area contributed by atoms with E-state index in [0.717, 1.165) is 29.5 Å². The Kier molecular flexibility index (Phi) is 5.06. The first kappa shape index (κ1) is 16.0. The number of amides is 1.